The lowest BCUT2D eigenvalue weighted by Gasteiger charge is -2.35. The molecule has 0 amide bonds. The first-order valence-electron chi connectivity index (χ1n) is 6.23. The Hall–Kier alpha value is -0.680. The van der Waals surface area contributed by atoms with Crippen molar-refractivity contribution in [1.29, 1.82) is 0 Å². The number of nitrogens with zero attached hydrogens (tertiary/aromatic N) is 1. The third kappa shape index (κ3) is 3.20. The van der Waals surface area contributed by atoms with Crippen LogP contribution in [0.1, 0.15) is 18.0 Å². The van der Waals surface area contributed by atoms with E-state index in [0.29, 0.717) is 6.42 Å². The van der Waals surface area contributed by atoms with Crippen molar-refractivity contribution in [2.45, 2.75) is 12.5 Å². The molecule has 1 fully saturated rings. The maximum Gasteiger partial charge on any atom is 0.142 e. The summed E-state index contributed by atoms with van der Waals surface area (Å²) >= 11 is 5.70. The molecule has 1 aliphatic heterocycles. The molecule has 5 heteroatoms. The summed E-state index contributed by atoms with van der Waals surface area (Å²) in [7, 11) is 0. The van der Waals surface area contributed by atoms with Gasteiger partial charge < -0.3 is 10.4 Å². The van der Waals surface area contributed by atoms with E-state index in [1.54, 1.807) is 6.07 Å². The van der Waals surface area contributed by atoms with Crippen LogP contribution in [0.3, 0.4) is 0 Å². The lowest BCUT2D eigenvalue weighted by atomic mass is 10.0. The first-order chi connectivity index (χ1) is 8.72. The number of rotatable bonds is 4. The number of halogens is 2. The fourth-order valence-electron chi connectivity index (χ4n) is 2.40. The van der Waals surface area contributed by atoms with Gasteiger partial charge in [-0.05, 0) is 24.1 Å². The molecule has 0 saturated carbocycles. The second-order valence-electron chi connectivity index (χ2n) is 4.49. The summed E-state index contributed by atoms with van der Waals surface area (Å²) in [6.45, 7) is 3.78. The predicted octanol–water partition coefficient (Wildman–Crippen LogP) is 1.81. The van der Waals surface area contributed by atoms with Crippen LogP contribution in [0, 0.1) is 5.82 Å². The third-order valence-corrected chi connectivity index (χ3v) is 3.63. The van der Waals surface area contributed by atoms with Gasteiger partial charge in [-0.25, -0.2) is 4.39 Å². The monoisotopic (exact) mass is 272 g/mol. The molecule has 0 aromatic heterocycles. The van der Waals surface area contributed by atoms with Crippen molar-refractivity contribution in [3.63, 3.8) is 0 Å². The predicted molar refractivity (Wildman–Crippen MR) is 70.3 cm³/mol. The Balaban J connectivity index is 2.19. The van der Waals surface area contributed by atoms with Crippen molar-refractivity contribution in [2.24, 2.45) is 0 Å². The third-order valence-electron chi connectivity index (χ3n) is 3.32. The Morgan fingerprint density at radius 3 is 2.72 bits per heavy atom. The maximum absolute atomic E-state index is 13.5. The van der Waals surface area contributed by atoms with E-state index in [-0.39, 0.29) is 17.7 Å². The van der Waals surface area contributed by atoms with Crippen molar-refractivity contribution >= 4 is 11.6 Å². The summed E-state index contributed by atoms with van der Waals surface area (Å²) in [4.78, 5) is 2.27. The van der Waals surface area contributed by atoms with E-state index in [1.165, 1.54) is 6.07 Å². The molecular formula is C13H18ClFN2O. The summed E-state index contributed by atoms with van der Waals surface area (Å²) in [5.74, 6) is -0.396. The lowest BCUT2D eigenvalue weighted by Crippen LogP contribution is -2.45. The van der Waals surface area contributed by atoms with Gasteiger partial charge in [-0.15, -0.1) is 0 Å². The Morgan fingerprint density at radius 1 is 1.39 bits per heavy atom. The van der Waals surface area contributed by atoms with Gasteiger partial charge in [0.05, 0.1) is 5.02 Å². The highest BCUT2D eigenvalue weighted by Gasteiger charge is 2.22. The molecule has 18 heavy (non-hydrogen) atoms. The summed E-state index contributed by atoms with van der Waals surface area (Å²) in [5.41, 5.74) is 0.882. The van der Waals surface area contributed by atoms with Crippen LogP contribution in [0.5, 0.6) is 0 Å². The van der Waals surface area contributed by atoms with E-state index in [0.717, 1.165) is 31.7 Å². The largest absolute Gasteiger partial charge is 0.396 e. The van der Waals surface area contributed by atoms with E-state index in [2.05, 4.69) is 10.2 Å². The van der Waals surface area contributed by atoms with Crippen molar-refractivity contribution in [1.82, 2.24) is 10.2 Å². The highest BCUT2D eigenvalue weighted by atomic mass is 35.5. The van der Waals surface area contributed by atoms with Gasteiger partial charge >= 0.3 is 0 Å². The number of benzene rings is 1. The van der Waals surface area contributed by atoms with Crippen molar-refractivity contribution in [2.75, 3.05) is 32.8 Å². The van der Waals surface area contributed by atoms with Gasteiger partial charge in [0.15, 0.2) is 0 Å². The fraction of sp³-hybridized carbons (Fsp3) is 0.538. The van der Waals surface area contributed by atoms with Crippen LogP contribution >= 0.6 is 11.6 Å². The molecule has 2 rings (SSSR count). The minimum absolute atomic E-state index is 0.0591. The van der Waals surface area contributed by atoms with Crippen LogP contribution in [-0.4, -0.2) is 42.8 Å². The zero-order chi connectivity index (χ0) is 13.0. The molecule has 1 heterocycles. The molecule has 0 bridgehead atoms. The standard InChI is InChI=1S/C13H18ClFN2O/c14-11-2-1-10(9-12(11)15)13(3-8-18)17-6-4-16-5-7-17/h1-2,9,13,16,18H,3-8H2/t13-/m1/s1. The average molecular weight is 273 g/mol. The van der Waals surface area contributed by atoms with Crippen LogP contribution in [0.4, 0.5) is 4.39 Å². The van der Waals surface area contributed by atoms with Gasteiger partial charge in [0, 0.05) is 38.8 Å². The molecule has 0 radical (unpaired) electrons. The normalized spacial score (nSPS) is 18.8. The fourth-order valence-corrected chi connectivity index (χ4v) is 2.51. The minimum Gasteiger partial charge on any atom is -0.396 e. The second-order valence-corrected chi connectivity index (χ2v) is 4.89. The number of piperazine rings is 1. The minimum atomic E-state index is -0.396. The molecule has 2 N–H and O–H groups in total. The Morgan fingerprint density at radius 2 is 2.11 bits per heavy atom. The summed E-state index contributed by atoms with van der Waals surface area (Å²) in [6.07, 6.45) is 0.612. The first-order valence-corrected chi connectivity index (χ1v) is 6.60. The van der Waals surface area contributed by atoms with Gasteiger partial charge in [0.25, 0.3) is 0 Å². The van der Waals surface area contributed by atoms with Gasteiger partial charge in [-0.1, -0.05) is 17.7 Å². The summed E-state index contributed by atoms with van der Waals surface area (Å²) in [5, 5.41) is 12.6. The van der Waals surface area contributed by atoms with Gasteiger partial charge in [-0.3, -0.25) is 4.90 Å². The molecule has 3 nitrogen and oxygen atoms in total. The van der Waals surface area contributed by atoms with Crippen LogP contribution in [-0.2, 0) is 0 Å². The van der Waals surface area contributed by atoms with Crippen LogP contribution in [0.25, 0.3) is 0 Å². The second kappa shape index (κ2) is 6.48. The molecular weight excluding hydrogens is 255 g/mol. The zero-order valence-corrected chi connectivity index (χ0v) is 11.0. The van der Waals surface area contributed by atoms with E-state index < -0.39 is 5.82 Å². The van der Waals surface area contributed by atoms with E-state index in [1.807, 2.05) is 6.07 Å². The van der Waals surface area contributed by atoms with E-state index in [4.69, 9.17) is 11.6 Å². The summed E-state index contributed by atoms with van der Waals surface area (Å²) in [6, 6.07) is 4.96. The molecule has 100 valence electrons. The van der Waals surface area contributed by atoms with Crippen LogP contribution in [0.15, 0.2) is 18.2 Å². The van der Waals surface area contributed by atoms with Crippen molar-refractivity contribution < 1.29 is 9.50 Å². The molecule has 1 aromatic carbocycles. The van der Waals surface area contributed by atoms with Crippen molar-refractivity contribution in [3.05, 3.63) is 34.6 Å². The molecule has 0 spiro atoms. The molecule has 0 unspecified atom stereocenters. The highest BCUT2D eigenvalue weighted by molar-refractivity contribution is 6.30. The highest BCUT2D eigenvalue weighted by Crippen LogP contribution is 2.27. The molecule has 1 aromatic rings. The number of hydrogen-bond acceptors (Lipinski definition) is 3. The quantitative estimate of drug-likeness (QED) is 0.878. The van der Waals surface area contributed by atoms with Gasteiger partial charge in [0.1, 0.15) is 5.82 Å². The number of hydrogen-bond donors (Lipinski definition) is 2. The van der Waals surface area contributed by atoms with E-state index >= 15 is 0 Å². The topological polar surface area (TPSA) is 35.5 Å². The maximum atomic E-state index is 13.5. The molecule has 1 atom stereocenters. The Bertz CT molecular complexity index is 397. The molecule has 0 aliphatic carbocycles. The lowest BCUT2D eigenvalue weighted by molar-refractivity contribution is 0.141. The smallest absolute Gasteiger partial charge is 0.142 e. The molecule has 1 saturated heterocycles. The molecule has 1 aliphatic rings. The Labute approximate surface area is 112 Å². The number of nitrogens with one attached hydrogen (secondary N) is 1. The first kappa shape index (κ1) is 13.7. The van der Waals surface area contributed by atoms with Crippen LogP contribution in [0.2, 0.25) is 5.02 Å². The van der Waals surface area contributed by atoms with Crippen molar-refractivity contribution in [3.8, 4) is 0 Å². The Kier molecular flexibility index (Phi) is 4.95. The number of aliphatic hydroxyl groups excluding tert-OH is 1. The van der Waals surface area contributed by atoms with E-state index in [9.17, 15) is 9.50 Å². The average Bonchev–Trinajstić information content (AvgIpc) is 2.40. The number of aliphatic hydroxyl groups is 1. The van der Waals surface area contributed by atoms with Crippen LogP contribution < -0.4 is 5.32 Å². The zero-order valence-electron chi connectivity index (χ0n) is 10.2. The van der Waals surface area contributed by atoms with Gasteiger partial charge in [-0.2, -0.15) is 0 Å². The van der Waals surface area contributed by atoms with Gasteiger partial charge in [0.2, 0.25) is 0 Å². The SMILES string of the molecule is OCC[C@H](c1ccc(Cl)c(F)c1)N1CCNCC1. The summed E-state index contributed by atoms with van der Waals surface area (Å²) < 4.78 is 13.5.